The fourth-order valence-corrected chi connectivity index (χ4v) is 3.87. The van der Waals surface area contributed by atoms with Gasteiger partial charge in [-0.3, -0.25) is 19.8 Å². The topological polar surface area (TPSA) is 85.6 Å². The van der Waals surface area contributed by atoms with E-state index in [1.165, 1.54) is 11.3 Å². The van der Waals surface area contributed by atoms with E-state index in [2.05, 4.69) is 25.4 Å². The van der Waals surface area contributed by atoms with Crippen molar-refractivity contribution in [1.82, 2.24) is 24.7 Å². The number of rotatable bonds is 4. The summed E-state index contributed by atoms with van der Waals surface area (Å²) < 4.78 is 1.71. The molecule has 0 spiro atoms. The smallest absolute Gasteiger partial charge is 0.258 e. The molecule has 0 bridgehead atoms. The molecule has 146 valence electrons. The quantitative estimate of drug-likeness (QED) is 0.473. The van der Waals surface area contributed by atoms with E-state index in [1.54, 1.807) is 16.9 Å². The third-order valence-corrected chi connectivity index (χ3v) is 5.35. The number of hydrogen-bond acceptors (Lipinski definition) is 6. The van der Waals surface area contributed by atoms with Crippen LogP contribution in [0.4, 0.5) is 5.13 Å². The largest absolute Gasteiger partial charge is 0.298 e. The molecule has 30 heavy (non-hydrogen) atoms. The lowest BCUT2D eigenvalue weighted by Gasteiger charge is -2.08. The Labute approximate surface area is 176 Å². The number of nitrogens with zero attached hydrogens (tertiary/aromatic N) is 5. The molecule has 1 N–H and O–H groups in total. The molecule has 1 aromatic carbocycles. The normalized spacial score (nSPS) is 11.0. The molecule has 4 heterocycles. The number of nitrogens with one attached hydrogen (secondary N) is 1. The van der Waals surface area contributed by atoms with Gasteiger partial charge in [-0.05, 0) is 30.3 Å². The van der Waals surface area contributed by atoms with E-state index in [0.717, 1.165) is 22.3 Å². The molecular weight excluding hydrogens is 396 g/mol. The Morgan fingerprint density at radius 3 is 2.63 bits per heavy atom. The third kappa shape index (κ3) is 3.44. The lowest BCUT2D eigenvalue weighted by molar-refractivity contribution is 0.102. The number of aryl methyl sites for hydroxylation is 1. The van der Waals surface area contributed by atoms with Gasteiger partial charge in [-0.15, -0.1) is 11.3 Å². The van der Waals surface area contributed by atoms with Crippen LogP contribution in [0.3, 0.4) is 0 Å². The monoisotopic (exact) mass is 412 g/mol. The van der Waals surface area contributed by atoms with Gasteiger partial charge in [0.05, 0.1) is 22.5 Å². The number of carbonyl (C=O) groups is 1. The highest BCUT2D eigenvalue weighted by Crippen LogP contribution is 2.27. The Kier molecular flexibility index (Phi) is 4.53. The molecule has 0 unspecified atom stereocenters. The van der Waals surface area contributed by atoms with Crippen LogP contribution in [0.2, 0.25) is 0 Å². The van der Waals surface area contributed by atoms with E-state index < -0.39 is 0 Å². The van der Waals surface area contributed by atoms with Gasteiger partial charge in [0.1, 0.15) is 11.4 Å². The van der Waals surface area contributed by atoms with Gasteiger partial charge >= 0.3 is 0 Å². The molecular formula is C22H16N6OS. The number of thiazole rings is 1. The summed E-state index contributed by atoms with van der Waals surface area (Å²) in [6, 6.07) is 16.9. The lowest BCUT2D eigenvalue weighted by atomic mass is 10.1. The van der Waals surface area contributed by atoms with E-state index >= 15 is 0 Å². The summed E-state index contributed by atoms with van der Waals surface area (Å²) in [4.78, 5) is 26.6. The zero-order valence-electron chi connectivity index (χ0n) is 16.0. The highest BCUT2D eigenvalue weighted by molar-refractivity contribution is 7.14. The van der Waals surface area contributed by atoms with Crippen LogP contribution in [-0.2, 0) is 7.05 Å². The van der Waals surface area contributed by atoms with Crippen LogP contribution in [0, 0.1) is 0 Å². The highest BCUT2D eigenvalue weighted by Gasteiger charge is 2.16. The maximum atomic E-state index is 13.1. The Morgan fingerprint density at radius 1 is 0.967 bits per heavy atom. The summed E-state index contributed by atoms with van der Waals surface area (Å²) in [5.41, 5.74) is 4.11. The fraction of sp³-hybridized carbons (Fsp3) is 0.0455. The van der Waals surface area contributed by atoms with Gasteiger partial charge in [0.15, 0.2) is 5.13 Å². The summed E-state index contributed by atoms with van der Waals surface area (Å²) in [6.07, 6.45) is 3.57. The first-order chi connectivity index (χ1) is 14.7. The van der Waals surface area contributed by atoms with Gasteiger partial charge in [0.2, 0.25) is 0 Å². The molecule has 0 aliphatic carbocycles. The molecule has 0 saturated heterocycles. The van der Waals surface area contributed by atoms with Gasteiger partial charge in [0.25, 0.3) is 5.91 Å². The summed E-state index contributed by atoms with van der Waals surface area (Å²) in [5.74, 6) is -0.243. The fourth-order valence-electron chi connectivity index (χ4n) is 3.17. The van der Waals surface area contributed by atoms with Crippen LogP contribution >= 0.6 is 11.3 Å². The first-order valence-corrected chi connectivity index (χ1v) is 10.1. The molecule has 7 nitrogen and oxygen atoms in total. The summed E-state index contributed by atoms with van der Waals surface area (Å²) in [6.45, 7) is 0. The molecule has 0 saturated carbocycles. The van der Waals surface area contributed by atoms with Crippen molar-refractivity contribution in [2.24, 2.45) is 7.05 Å². The molecule has 0 fully saturated rings. The van der Waals surface area contributed by atoms with Gasteiger partial charge in [-0.1, -0.05) is 24.3 Å². The summed E-state index contributed by atoms with van der Waals surface area (Å²) in [5, 5.41) is 10.5. The van der Waals surface area contributed by atoms with Crippen LogP contribution in [0.1, 0.15) is 10.4 Å². The second kappa shape index (κ2) is 7.49. The van der Waals surface area contributed by atoms with Crippen molar-refractivity contribution in [2.75, 3.05) is 5.32 Å². The van der Waals surface area contributed by atoms with Crippen molar-refractivity contribution in [3.63, 3.8) is 0 Å². The molecule has 0 atom stereocenters. The molecule has 0 radical (unpaired) electrons. The maximum Gasteiger partial charge on any atom is 0.258 e. The number of pyridine rings is 2. The second-order valence-corrected chi connectivity index (χ2v) is 7.51. The number of carbonyl (C=O) groups excluding carboxylic acids is 1. The van der Waals surface area contributed by atoms with E-state index in [0.29, 0.717) is 22.1 Å². The first-order valence-electron chi connectivity index (χ1n) is 9.25. The van der Waals surface area contributed by atoms with Crippen LogP contribution in [-0.4, -0.2) is 30.6 Å². The van der Waals surface area contributed by atoms with Crippen molar-refractivity contribution in [3.8, 4) is 22.8 Å². The van der Waals surface area contributed by atoms with Gasteiger partial charge < -0.3 is 0 Å². The predicted octanol–water partition coefficient (Wildman–Crippen LogP) is 4.41. The van der Waals surface area contributed by atoms with Gasteiger partial charge in [0, 0.05) is 30.2 Å². The standard InChI is InChI=1S/C22H16N6OS/c1-28-11-9-18(27-28)19-12-15(14-6-2-3-7-16(14)24-19)21(29)26-22-25-20(13-30-22)17-8-4-5-10-23-17/h2-13H,1H3,(H,25,26,29). The number of hydrogen-bond donors (Lipinski definition) is 1. The average Bonchev–Trinajstić information content (AvgIpc) is 3.42. The van der Waals surface area contributed by atoms with Crippen molar-refractivity contribution in [1.29, 1.82) is 0 Å². The molecule has 0 aliphatic rings. The van der Waals surface area contributed by atoms with Crippen LogP contribution in [0.5, 0.6) is 0 Å². The number of benzene rings is 1. The molecule has 5 aromatic rings. The molecule has 5 rings (SSSR count). The summed E-state index contributed by atoms with van der Waals surface area (Å²) in [7, 11) is 1.85. The number of fused-ring (bicyclic) bond motifs is 1. The van der Waals surface area contributed by atoms with Crippen LogP contribution in [0.15, 0.2) is 72.4 Å². The zero-order chi connectivity index (χ0) is 20.5. The van der Waals surface area contributed by atoms with Crippen molar-refractivity contribution >= 4 is 33.3 Å². The van der Waals surface area contributed by atoms with Crippen molar-refractivity contribution in [3.05, 3.63) is 77.9 Å². The Bertz CT molecular complexity index is 1360. The Balaban J connectivity index is 1.51. The van der Waals surface area contributed by atoms with Crippen molar-refractivity contribution < 1.29 is 4.79 Å². The Hall–Kier alpha value is -3.91. The minimum absolute atomic E-state index is 0.243. The van der Waals surface area contributed by atoms with E-state index in [1.807, 2.05) is 67.2 Å². The number of aromatic nitrogens is 5. The third-order valence-electron chi connectivity index (χ3n) is 4.59. The number of anilines is 1. The maximum absolute atomic E-state index is 13.1. The number of para-hydroxylation sites is 1. The Morgan fingerprint density at radius 2 is 1.83 bits per heavy atom. The lowest BCUT2D eigenvalue weighted by Crippen LogP contribution is -2.13. The van der Waals surface area contributed by atoms with Crippen LogP contribution in [0.25, 0.3) is 33.7 Å². The minimum atomic E-state index is -0.243. The predicted molar refractivity (Wildman–Crippen MR) is 117 cm³/mol. The van der Waals surface area contributed by atoms with E-state index in [9.17, 15) is 4.79 Å². The number of amides is 1. The van der Waals surface area contributed by atoms with E-state index in [-0.39, 0.29) is 5.91 Å². The highest BCUT2D eigenvalue weighted by atomic mass is 32.1. The summed E-state index contributed by atoms with van der Waals surface area (Å²) >= 11 is 1.36. The van der Waals surface area contributed by atoms with Crippen LogP contribution < -0.4 is 5.32 Å². The average molecular weight is 412 g/mol. The molecule has 8 heteroatoms. The zero-order valence-corrected chi connectivity index (χ0v) is 16.8. The van der Waals surface area contributed by atoms with Crippen molar-refractivity contribution in [2.45, 2.75) is 0 Å². The molecule has 1 amide bonds. The van der Waals surface area contributed by atoms with Gasteiger partial charge in [-0.2, -0.15) is 5.10 Å². The minimum Gasteiger partial charge on any atom is -0.298 e. The molecule has 4 aromatic heterocycles. The second-order valence-electron chi connectivity index (χ2n) is 6.65. The van der Waals surface area contributed by atoms with Gasteiger partial charge in [-0.25, -0.2) is 9.97 Å². The SMILES string of the molecule is Cn1ccc(-c2cc(C(=O)Nc3nc(-c4ccccn4)cs3)c3ccccc3n2)n1. The van der Waals surface area contributed by atoms with E-state index in [4.69, 9.17) is 0 Å². The first kappa shape index (κ1) is 18.1. The molecule has 0 aliphatic heterocycles.